The Morgan fingerprint density at radius 3 is 3.00 bits per heavy atom. The van der Waals surface area contributed by atoms with Gasteiger partial charge in [-0.25, -0.2) is 4.98 Å². The summed E-state index contributed by atoms with van der Waals surface area (Å²) in [5.74, 6) is -0.338. The molecule has 17 heavy (non-hydrogen) atoms. The second-order valence-electron chi connectivity index (χ2n) is 3.63. The molecule has 1 aromatic heterocycles. The first-order chi connectivity index (χ1) is 8.11. The van der Waals surface area contributed by atoms with Crippen LogP contribution in [0, 0.1) is 0 Å². The second kappa shape index (κ2) is 4.71. The quantitative estimate of drug-likeness (QED) is 0.882. The van der Waals surface area contributed by atoms with E-state index in [-0.39, 0.29) is 6.42 Å². The predicted molar refractivity (Wildman–Crippen MR) is 69.0 cm³/mol. The van der Waals surface area contributed by atoms with Crippen molar-refractivity contribution >= 4 is 32.9 Å². The minimum atomic E-state index is -0.885. The standard InChI is InChI=1S/C12H11BrN2O2/c1-2-5-15-10-4-3-8(13)6-9(10)14-11(15)7-12(16)17/h2-4,6H,1,5,7H2,(H,16,17). The molecule has 2 aromatic rings. The van der Waals surface area contributed by atoms with Crippen LogP contribution in [0.2, 0.25) is 0 Å². The number of hydrogen-bond acceptors (Lipinski definition) is 2. The third-order valence-corrected chi connectivity index (χ3v) is 2.90. The maximum atomic E-state index is 10.8. The van der Waals surface area contributed by atoms with Crippen molar-refractivity contribution in [1.29, 1.82) is 0 Å². The number of benzene rings is 1. The van der Waals surface area contributed by atoms with Gasteiger partial charge in [0.2, 0.25) is 0 Å². The monoisotopic (exact) mass is 294 g/mol. The van der Waals surface area contributed by atoms with Gasteiger partial charge in [-0.2, -0.15) is 0 Å². The van der Waals surface area contributed by atoms with Crippen molar-refractivity contribution in [3.63, 3.8) is 0 Å². The first-order valence-electron chi connectivity index (χ1n) is 5.09. The number of hydrogen-bond donors (Lipinski definition) is 1. The van der Waals surface area contributed by atoms with E-state index in [9.17, 15) is 4.79 Å². The van der Waals surface area contributed by atoms with Crippen LogP contribution in [0.15, 0.2) is 35.3 Å². The molecule has 1 aromatic carbocycles. The topological polar surface area (TPSA) is 55.1 Å². The van der Waals surface area contributed by atoms with Crippen molar-refractivity contribution in [1.82, 2.24) is 9.55 Å². The Hall–Kier alpha value is -1.62. The fourth-order valence-corrected chi connectivity index (χ4v) is 2.10. The second-order valence-corrected chi connectivity index (χ2v) is 4.55. The molecule has 0 atom stereocenters. The lowest BCUT2D eigenvalue weighted by Crippen LogP contribution is -2.08. The number of allylic oxidation sites excluding steroid dienone is 1. The van der Waals surface area contributed by atoms with E-state index in [0.717, 1.165) is 15.5 Å². The largest absolute Gasteiger partial charge is 0.481 e. The number of carbonyl (C=O) groups is 1. The number of carboxylic acid groups (broad SMARTS) is 1. The molecule has 0 saturated heterocycles. The maximum Gasteiger partial charge on any atom is 0.311 e. The summed E-state index contributed by atoms with van der Waals surface area (Å²) in [6.07, 6.45) is 1.65. The first kappa shape index (κ1) is 11.9. The van der Waals surface area contributed by atoms with Gasteiger partial charge in [-0.3, -0.25) is 4.79 Å². The normalized spacial score (nSPS) is 10.6. The van der Waals surface area contributed by atoms with Crippen LogP contribution < -0.4 is 0 Å². The zero-order chi connectivity index (χ0) is 12.4. The van der Waals surface area contributed by atoms with Crippen LogP contribution in [0.4, 0.5) is 0 Å². The number of carboxylic acids is 1. The smallest absolute Gasteiger partial charge is 0.311 e. The Morgan fingerprint density at radius 1 is 1.59 bits per heavy atom. The number of fused-ring (bicyclic) bond motifs is 1. The summed E-state index contributed by atoms with van der Waals surface area (Å²) in [7, 11) is 0. The minimum absolute atomic E-state index is 0.0832. The highest BCUT2D eigenvalue weighted by Gasteiger charge is 2.12. The molecule has 0 aliphatic carbocycles. The highest BCUT2D eigenvalue weighted by atomic mass is 79.9. The van der Waals surface area contributed by atoms with Gasteiger partial charge in [0.25, 0.3) is 0 Å². The van der Waals surface area contributed by atoms with Crippen LogP contribution in [0.1, 0.15) is 5.82 Å². The molecule has 0 unspecified atom stereocenters. The number of nitrogens with zero attached hydrogens (tertiary/aromatic N) is 2. The van der Waals surface area contributed by atoms with Crippen LogP contribution in [0.5, 0.6) is 0 Å². The van der Waals surface area contributed by atoms with Crippen molar-refractivity contribution in [3.8, 4) is 0 Å². The van der Waals surface area contributed by atoms with E-state index in [1.54, 1.807) is 6.08 Å². The molecule has 0 aliphatic rings. The predicted octanol–water partition coefficient (Wildman–Crippen LogP) is 2.61. The van der Waals surface area contributed by atoms with E-state index in [0.29, 0.717) is 12.4 Å². The summed E-state index contributed by atoms with van der Waals surface area (Å²) < 4.78 is 2.79. The minimum Gasteiger partial charge on any atom is -0.481 e. The van der Waals surface area contributed by atoms with Crippen LogP contribution in [-0.2, 0) is 17.8 Å². The molecule has 0 bridgehead atoms. The zero-order valence-electron chi connectivity index (χ0n) is 9.06. The molecule has 0 fully saturated rings. The molecule has 0 radical (unpaired) electrons. The molecule has 0 aliphatic heterocycles. The molecular weight excluding hydrogens is 284 g/mol. The van der Waals surface area contributed by atoms with Gasteiger partial charge in [0, 0.05) is 11.0 Å². The zero-order valence-corrected chi connectivity index (χ0v) is 10.6. The van der Waals surface area contributed by atoms with Gasteiger partial charge in [-0.1, -0.05) is 22.0 Å². The summed E-state index contributed by atoms with van der Waals surface area (Å²) in [6, 6.07) is 5.70. The molecule has 1 heterocycles. The number of halogens is 1. The number of aliphatic carboxylic acids is 1. The van der Waals surface area contributed by atoms with Crippen molar-refractivity contribution in [3.05, 3.63) is 41.2 Å². The fraction of sp³-hybridized carbons (Fsp3) is 0.167. The van der Waals surface area contributed by atoms with Crippen LogP contribution in [-0.4, -0.2) is 20.6 Å². The average molecular weight is 295 g/mol. The summed E-state index contributed by atoms with van der Waals surface area (Å²) in [5.41, 5.74) is 1.71. The average Bonchev–Trinajstić information content (AvgIpc) is 2.55. The van der Waals surface area contributed by atoms with E-state index in [2.05, 4.69) is 27.5 Å². The molecule has 88 valence electrons. The molecule has 4 nitrogen and oxygen atoms in total. The Balaban J connectivity index is 2.60. The Kier molecular flexibility index (Phi) is 3.28. The molecular formula is C12H11BrN2O2. The summed E-state index contributed by atoms with van der Waals surface area (Å²) in [4.78, 5) is 15.1. The van der Waals surface area contributed by atoms with Gasteiger partial charge in [0.1, 0.15) is 12.2 Å². The summed E-state index contributed by atoms with van der Waals surface area (Å²) in [5, 5.41) is 8.85. The van der Waals surface area contributed by atoms with E-state index in [4.69, 9.17) is 5.11 Å². The summed E-state index contributed by atoms with van der Waals surface area (Å²) in [6.45, 7) is 4.23. The Morgan fingerprint density at radius 2 is 2.35 bits per heavy atom. The third-order valence-electron chi connectivity index (χ3n) is 2.41. The Labute approximate surface area is 107 Å². The van der Waals surface area contributed by atoms with Crippen molar-refractivity contribution in [2.24, 2.45) is 0 Å². The van der Waals surface area contributed by atoms with E-state index < -0.39 is 5.97 Å². The summed E-state index contributed by atoms with van der Waals surface area (Å²) >= 11 is 3.37. The third kappa shape index (κ3) is 2.39. The SMILES string of the molecule is C=CCn1c(CC(=O)O)nc2cc(Br)ccc21. The number of aromatic nitrogens is 2. The van der Waals surface area contributed by atoms with Gasteiger partial charge >= 0.3 is 5.97 Å². The van der Waals surface area contributed by atoms with Crippen LogP contribution in [0.25, 0.3) is 11.0 Å². The van der Waals surface area contributed by atoms with Crippen LogP contribution >= 0.6 is 15.9 Å². The highest BCUT2D eigenvalue weighted by Crippen LogP contribution is 2.21. The maximum absolute atomic E-state index is 10.8. The molecule has 1 N–H and O–H groups in total. The first-order valence-corrected chi connectivity index (χ1v) is 5.88. The fourth-order valence-electron chi connectivity index (χ4n) is 1.76. The lowest BCUT2D eigenvalue weighted by molar-refractivity contribution is -0.136. The molecule has 5 heteroatoms. The molecule has 2 rings (SSSR count). The van der Waals surface area contributed by atoms with Crippen molar-refractivity contribution in [2.45, 2.75) is 13.0 Å². The van der Waals surface area contributed by atoms with Gasteiger partial charge in [0.05, 0.1) is 11.0 Å². The van der Waals surface area contributed by atoms with Crippen molar-refractivity contribution in [2.75, 3.05) is 0 Å². The molecule has 0 saturated carbocycles. The molecule has 0 spiro atoms. The highest BCUT2D eigenvalue weighted by molar-refractivity contribution is 9.10. The number of imidazole rings is 1. The van der Waals surface area contributed by atoms with E-state index >= 15 is 0 Å². The van der Waals surface area contributed by atoms with Gasteiger partial charge in [0.15, 0.2) is 0 Å². The number of rotatable bonds is 4. The van der Waals surface area contributed by atoms with Gasteiger partial charge < -0.3 is 9.67 Å². The lowest BCUT2D eigenvalue weighted by atomic mass is 10.3. The van der Waals surface area contributed by atoms with E-state index in [1.807, 2.05) is 22.8 Å². The van der Waals surface area contributed by atoms with Gasteiger partial charge in [-0.05, 0) is 18.2 Å². The lowest BCUT2D eigenvalue weighted by Gasteiger charge is -2.04. The van der Waals surface area contributed by atoms with Crippen molar-refractivity contribution < 1.29 is 9.90 Å². The molecule has 0 amide bonds. The van der Waals surface area contributed by atoms with E-state index in [1.165, 1.54) is 0 Å². The Bertz CT molecular complexity index is 589. The van der Waals surface area contributed by atoms with Crippen LogP contribution in [0.3, 0.4) is 0 Å². The van der Waals surface area contributed by atoms with Gasteiger partial charge in [-0.15, -0.1) is 6.58 Å².